The minimum Gasteiger partial charge on any atom is -0.497 e. The molecular formula is C20H28FNO. The maximum Gasteiger partial charge on any atom is 0.123 e. The van der Waals surface area contributed by atoms with Gasteiger partial charge in [0.1, 0.15) is 11.6 Å². The van der Waals surface area contributed by atoms with Gasteiger partial charge in [-0.25, -0.2) is 4.39 Å². The van der Waals surface area contributed by atoms with Crippen LogP contribution in [0.4, 0.5) is 4.39 Å². The number of methoxy groups -OCH3 is 1. The van der Waals surface area contributed by atoms with Crippen molar-refractivity contribution in [2.24, 2.45) is 5.92 Å². The quantitative estimate of drug-likeness (QED) is 0.705. The van der Waals surface area contributed by atoms with Gasteiger partial charge >= 0.3 is 0 Å². The van der Waals surface area contributed by atoms with Crippen LogP contribution in [-0.4, -0.2) is 12.1 Å². The van der Waals surface area contributed by atoms with Crippen LogP contribution in [0.25, 0.3) is 11.3 Å². The van der Waals surface area contributed by atoms with Crippen LogP contribution in [0.1, 0.15) is 47.1 Å². The van der Waals surface area contributed by atoms with Gasteiger partial charge in [-0.15, -0.1) is 0 Å². The molecule has 126 valence electrons. The highest BCUT2D eigenvalue weighted by molar-refractivity contribution is 5.66. The second-order valence-corrected chi connectivity index (χ2v) is 6.15. The Morgan fingerprint density at radius 3 is 2.30 bits per heavy atom. The van der Waals surface area contributed by atoms with E-state index in [-0.39, 0.29) is 11.2 Å². The third-order valence-corrected chi connectivity index (χ3v) is 4.36. The average molecular weight is 317 g/mol. The number of halogens is 1. The summed E-state index contributed by atoms with van der Waals surface area (Å²) in [6.45, 7) is 12.6. The number of benzene rings is 1. The van der Waals surface area contributed by atoms with Gasteiger partial charge in [0.25, 0.3) is 0 Å². The average Bonchev–Trinajstić information content (AvgIpc) is 2.56. The van der Waals surface area contributed by atoms with Crippen LogP contribution in [0.15, 0.2) is 36.5 Å². The van der Waals surface area contributed by atoms with E-state index >= 15 is 0 Å². The van der Waals surface area contributed by atoms with Gasteiger partial charge in [-0.1, -0.05) is 41.5 Å². The van der Waals surface area contributed by atoms with Gasteiger partial charge in [-0.3, -0.25) is 4.98 Å². The van der Waals surface area contributed by atoms with Crippen molar-refractivity contribution in [1.29, 1.82) is 0 Å². The predicted octanol–water partition coefficient (Wildman–Crippen LogP) is 5.86. The van der Waals surface area contributed by atoms with Gasteiger partial charge in [0.15, 0.2) is 0 Å². The molecule has 0 N–H and O–H groups in total. The van der Waals surface area contributed by atoms with Crippen LogP contribution in [-0.2, 0) is 5.41 Å². The lowest BCUT2D eigenvalue weighted by atomic mass is 9.73. The molecule has 0 saturated carbocycles. The van der Waals surface area contributed by atoms with Crippen LogP contribution in [0.5, 0.6) is 5.75 Å². The zero-order chi connectivity index (χ0) is 17.6. The van der Waals surface area contributed by atoms with Gasteiger partial charge in [0.2, 0.25) is 0 Å². The van der Waals surface area contributed by atoms with Crippen molar-refractivity contribution < 1.29 is 9.13 Å². The number of hydrogen-bond acceptors (Lipinski definition) is 2. The normalized spacial score (nSPS) is 11.0. The molecule has 0 saturated heterocycles. The molecule has 1 aromatic heterocycles. The van der Waals surface area contributed by atoms with Crippen molar-refractivity contribution in [2.75, 3.05) is 7.11 Å². The molecule has 2 aromatic rings. The van der Waals surface area contributed by atoms with Gasteiger partial charge in [0.05, 0.1) is 12.8 Å². The maximum atomic E-state index is 13.8. The summed E-state index contributed by atoms with van der Waals surface area (Å²) in [5.41, 5.74) is 2.58. The van der Waals surface area contributed by atoms with E-state index in [1.165, 1.54) is 6.07 Å². The summed E-state index contributed by atoms with van der Waals surface area (Å²) in [5.74, 6) is 0.909. The summed E-state index contributed by atoms with van der Waals surface area (Å²) >= 11 is 0. The topological polar surface area (TPSA) is 22.1 Å². The number of ether oxygens (including phenoxy) is 1. The second kappa shape index (κ2) is 8.09. The van der Waals surface area contributed by atoms with E-state index in [1.807, 2.05) is 19.9 Å². The summed E-state index contributed by atoms with van der Waals surface area (Å²) in [4.78, 5) is 4.42. The Bertz CT molecular complexity index is 635. The van der Waals surface area contributed by atoms with Crippen molar-refractivity contribution in [3.05, 3.63) is 47.9 Å². The molecular weight excluding hydrogens is 289 g/mol. The van der Waals surface area contributed by atoms with Crippen molar-refractivity contribution in [1.82, 2.24) is 4.98 Å². The first kappa shape index (κ1) is 19.1. The molecule has 0 radical (unpaired) electrons. The number of pyridine rings is 1. The monoisotopic (exact) mass is 317 g/mol. The van der Waals surface area contributed by atoms with Crippen LogP contribution < -0.4 is 4.74 Å². The summed E-state index contributed by atoms with van der Waals surface area (Å²) in [7, 11) is 1.63. The van der Waals surface area contributed by atoms with E-state index in [4.69, 9.17) is 4.74 Å². The molecule has 3 heteroatoms. The Hall–Kier alpha value is -1.90. The second-order valence-electron chi connectivity index (χ2n) is 6.15. The maximum absolute atomic E-state index is 13.8. The van der Waals surface area contributed by atoms with Crippen LogP contribution in [0.3, 0.4) is 0 Å². The fourth-order valence-electron chi connectivity index (χ4n) is 2.27. The summed E-state index contributed by atoms with van der Waals surface area (Å²) < 4.78 is 19.0. The third-order valence-electron chi connectivity index (χ3n) is 4.36. The van der Waals surface area contributed by atoms with Gasteiger partial charge in [-0.2, -0.15) is 0 Å². The third kappa shape index (κ3) is 4.31. The Labute approximate surface area is 139 Å². The van der Waals surface area contributed by atoms with E-state index in [0.29, 0.717) is 5.92 Å². The number of aromatic nitrogens is 1. The molecule has 0 amide bonds. The zero-order valence-corrected chi connectivity index (χ0v) is 15.3. The highest BCUT2D eigenvalue weighted by atomic mass is 19.1. The van der Waals surface area contributed by atoms with Crippen LogP contribution in [0, 0.1) is 11.7 Å². The van der Waals surface area contributed by atoms with Gasteiger partial charge in [-0.05, 0) is 41.2 Å². The van der Waals surface area contributed by atoms with Crippen molar-refractivity contribution in [2.45, 2.75) is 47.0 Å². The van der Waals surface area contributed by atoms with E-state index in [9.17, 15) is 4.39 Å². The predicted molar refractivity (Wildman–Crippen MR) is 95.4 cm³/mol. The fraction of sp³-hybridized carbons (Fsp3) is 0.450. The Balaban J connectivity index is 0.00000127. The first-order valence-electron chi connectivity index (χ1n) is 8.16. The zero-order valence-electron chi connectivity index (χ0n) is 15.3. The summed E-state index contributed by atoms with van der Waals surface area (Å²) in [5, 5.41) is 0. The minimum atomic E-state index is -0.217. The number of hydrogen-bond donors (Lipinski definition) is 0. The molecule has 0 spiro atoms. The Morgan fingerprint density at radius 2 is 1.74 bits per heavy atom. The SMILES string of the molecule is CC.COc1ccnc(-c2ccc(F)cc2C(C)(C)C(C)C)c1. The lowest BCUT2D eigenvalue weighted by molar-refractivity contribution is 0.371. The number of rotatable bonds is 4. The van der Waals surface area contributed by atoms with Crippen molar-refractivity contribution in [3.8, 4) is 17.0 Å². The lowest BCUT2D eigenvalue weighted by Gasteiger charge is -2.32. The number of nitrogens with zero attached hydrogens (tertiary/aromatic N) is 1. The van der Waals surface area contributed by atoms with Crippen LogP contribution >= 0.6 is 0 Å². The standard InChI is InChI=1S/C18H22FNO.C2H6/c1-12(2)18(3,4)16-10-13(19)6-7-15(16)17-11-14(21-5)8-9-20-17;1-2/h6-12H,1-5H3;1-2H3. The summed E-state index contributed by atoms with van der Waals surface area (Å²) in [6.07, 6.45) is 1.71. The van der Waals surface area contributed by atoms with Crippen LogP contribution in [0.2, 0.25) is 0 Å². The molecule has 0 aliphatic heterocycles. The van der Waals surface area contributed by atoms with E-state index in [0.717, 1.165) is 22.6 Å². The lowest BCUT2D eigenvalue weighted by Crippen LogP contribution is -2.25. The Morgan fingerprint density at radius 1 is 1.09 bits per heavy atom. The first-order chi connectivity index (χ1) is 10.9. The smallest absolute Gasteiger partial charge is 0.123 e. The molecule has 0 aliphatic carbocycles. The minimum absolute atomic E-state index is 0.151. The van der Waals surface area contributed by atoms with E-state index < -0.39 is 0 Å². The van der Waals surface area contributed by atoms with Crippen molar-refractivity contribution >= 4 is 0 Å². The fourth-order valence-corrected chi connectivity index (χ4v) is 2.27. The molecule has 0 bridgehead atoms. The molecule has 0 aliphatic rings. The molecule has 2 nitrogen and oxygen atoms in total. The molecule has 0 fully saturated rings. The largest absolute Gasteiger partial charge is 0.497 e. The highest BCUT2D eigenvalue weighted by Crippen LogP contribution is 2.38. The van der Waals surface area contributed by atoms with Gasteiger partial charge < -0.3 is 4.74 Å². The summed E-state index contributed by atoms with van der Waals surface area (Å²) in [6, 6.07) is 8.59. The molecule has 2 rings (SSSR count). The Kier molecular flexibility index (Phi) is 6.74. The molecule has 1 heterocycles. The first-order valence-corrected chi connectivity index (χ1v) is 8.16. The highest BCUT2D eigenvalue weighted by Gasteiger charge is 2.28. The molecule has 23 heavy (non-hydrogen) atoms. The van der Waals surface area contributed by atoms with E-state index in [1.54, 1.807) is 31.5 Å². The molecule has 1 aromatic carbocycles. The van der Waals surface area contributed by atoms with Crippen molar-refractivity contribution in [3.63, 3.8) is 0 Å². The molecule has 0 unspecified atom stereocenters. The van der Waals surface area contributed by atoms with E-state index in [2.05, 4.69) is 32.7 Å². The van der Waals surface area contributed by atoms with Gasteiger partial charge in [0, 0.05) is 17.8 Å². The molecule has 0 atom stereocenters.